The van der Waals surface area contributed by atoms with E-state index in [0.29, 0.717) is 18.0 Å². The van der Waals surface area contributed by atoms with Crippen LogP contribution in [0.5, 0.6) is 11.5 Å². The second-order valence-corrected chi connectivity index (χ2v) is 8.06. The quantitative estimate of drug-likeness (QED) is 0.744. The number of rotatable bonds is 8. The van der Waals surface area contributed by atoms with E-state index in [9.17, 15) is 13.2 Å². The Morgan fingerprint density at radius 1 is 1.07 bits per heavy atom. The van der Waals surface area contributed by atoms with Gasteiger partial charge in [-0.2, -0.15) is 0 Å². The Morgan fingerprint density at radius 3 is 2.15 bits per heavy atom. The predicted octanol–water partition coefficient (Wildman–Crippen LogP) is 2.17. The zero-order chi connectivity index (χ0) is 20.0. The number of benzene rings is 2. The minimum atomic E-state index is -3.32. The molecule has 0 saturated carbocycles. The third-order valence-electron chi connectivity index (χ3n) is 4.01. The molecule has 8 heteroatoms. The zero-order valence-electron chi connectivity index (χ0n) is 15.8. The Kier molecular flexibility index (Phi) is 6.68. The van der Waals surface area contributed by atoms with E-state index in [1.54, 1.807) is 38.3 Å². The number of nitrogens with one attached hydrogen (secondary N) is 1. The van der Waals surface area contributed by atoms with Gasteiger partial charge in [-0.1, -0.05) is 12.1 Å². The first-order valence-corrected chi connectivity index (χ1v) is 10.2. The topological polar surface area (TPSA) is 84.9 Å². The predicted molar refractivity (Wildman–Crippen MR) is 105 cm³/mol. The van der Waals surface area contributed by atoms with E-state index >= 15 is 0 Å². The number of methoxy groups -OCH3 is 1. The first-order valence-electron chi connectivity index (χ1n) is 8.32. The number of nitrogens with zero attached hydrogens (tertiary/aromatic N) is 1. The molecule has 0 fully saturated rings. The monoisotopic (exact) mass is 392 g/mol. The highest BCUT2D eigenvalue weighted by atomic mass is 32.2. The second kappa shape index (κ2) is 8.77. The molecule has 0 aromatic heterocycles. The van der Waals surface area contributed by atoms with Crippen LogP contribution in [-0.4, -0.2) is 40.8 Å². The van der Waals surface area contributed by atoms with Crippen LogP contribution in [0.15, 0.2) is 48.5 Å². The van der Waals surface area contributed by atoms with Gasteiger partial charge in [0.25, 0.3) is 5.91 Å². The van der Waals surface area contributed by atoms with Gasteiger partial charge in [0.05, 0.1) is 19.1 Å². The molecule has 2 aromatic rings. The van der Waals surface area contributed by atoms with E-state index in [-0.39, 0.29) is 5.91 Å². The molecule has 1 N–H and O–H groups in total. The lowest BCUT2D eigenvalue weighted by Gasteiger charge is -2.18. The summed E-state index contributed by atoms with van der Waals surface area (Å²) in [6.07, 6.45) is 0.439. The van der Waals surface area contributed by atoms with Gasteiger partial charge in [-0.25, -0.2) is 8.42 Å². The maximum atomic E-state index is 12.2. The standard InChI is InChI=1S/C19H24N2O5S/c1-14(19(22)20-13-15-5-9-17(25-3)10-6-15)26-18-11-7-16(8-12-18)21(2)27(4,23)24/h5-12,14H,13H2,1-4H3,(H,20,22)/t14-/m0/s1. The lowest BCUT2D eigenvalue weighted by Crippen LogP contribution is -2.35. The number of hydrogen-bond donors (Lipinski definition) is 1. The van der Waals surface area contributed by atoms with Crippen LogP contribution in [-0.2, 0) is 21.4 Å². The third-order valence-corrected chi connectivity index (χ3v) is 5.21. The maximum Gasteiger partial charge on any atom is 0.261 e. The van der Waals surface area contributed by atoms with Gasteiger partial charge in [-0.05, 0) is 48.9 Å². The number of carbonyl (C=O) groups excluding carboxylic acids is 1. The highest BCUT2D eigenvalue weighted by Crippen LogP contribution is 2.21. The Labute approximate surface area is 160 Å². The number of carbonyl (C=O) groups is 1. The molecule has 1 atom stereocenters. The highest BCUT2D eigenvalue weighted by Gasteiger charge is 2.15. The van der Waals surface area contributed by atoms with Crippen molar-refractivity contribution >= 4 is 21.6 Å². The van der Waals surface area contributed by atoms with Gasteiger partial charge >= 0.3 is 0 Å². The van der Waals surface area contributed by atoms with E-state index in [0.717, 1.165) is 17.6 Å². The van der Waals surface area contributed by atoms with Gasteiger partial charge in [0, 0.05) is 13.6 Å². The molecule has 0 unspecified atom stereocenters. The van der Waals surface area contributed by atoms with Gasteiger partial charge in [-0.3, -0.25) is 9.10 Å². The largest absolute Gasteiger partial charge is 0.497 e. The van der Waals surface area contributed by atoms with Crippen LogP contribution < -0.4 is 19.1 Å². The number of anilines is 1. The van der Waals surface area contributed by atoms with Crippen molar-refractivity contribution in [2.75, 3.05) is 24.7 Å². The van der Waals surface area contributed by atoms with Crippen molar-refractivity contribution in [1.82, 2.24) is 5.32 Å². The molecule has 2 rings (SSSR count). The lowest BCUT2D eigenvalue weighted by molar-refractivity contribution is -0.127. The summed E-state index contributed by atoms with van der Waals surface area (Å²) >= 11 is 0. The van der Waals surface area contributed by atoms with Crippen molar-refractivity contribution < 1.29 is 22.7 Å². The number of hydrogen-bond acceptors (Lipinski definition) is 5. The first-order chi connectivity index (χ1) is 12.7. The van der Waals surface area contributed by atoms with E-state index in [1.165, 1.54) is 11.4 Å². The Bertz CT molecular complexity index is 864. The second-order valence-electron chi connectivity index (χ2n) is 6.05. The first kappa shape index (κ1) is 20.6. The number of ether oxygens (including phenoxy) is 2. The fourth-order valence-corrected chi connectivity index (χ4v) is 2.76. The molecule has 146 valence electrons. The van der Waals surface area contributed by atoms with Crippen molar-refractivity contribution in [1.29, 1.82) is 0 Å². The van der Waals surface area contributed by atoms with Crippen LogP contribution in [0.1, 0.15) is 12.5 Å². The molecule has 0 aliphatic heterocycles. The summed E-state index contributed by atoms with van der Waals surface area (Å²) in [5, 5.41) is 2.81. The normalized spacial score (nSPS) is 12.1. The fourth-order valence-electron chi connectivity index (χ4n) is 2.26. The molecule has 0 aliphatic rings. The van der Waals surface area contributed by atoms with Crippen LogP contribution in [0.25, 0.3) is 0 Å². The van der Waals surface area contributed by atoms with Gasteiger partial charge in [0.2, 0.25) is 10.0 Å². The van der Waals surface area contributed by atoms with Gasteiger partial charge in [-0.15, -0.1) is 0 Å². The van der Waals surface area contributed by atoms with Crippen LogP contribution in [0, 0.1) is 0 Å². The van der Waals surface area contributed by atoms with Crippen LogP contribution in [0.3, 0.4) is 0 Å². The highest BCUT2D eigenvalue weighted by molar-refractivity contribution is 7.92. The third kappa shape index (κ3) is 5.89. The van der Waals surface area contributed by atoms with E-state index in [2.05, 4.69) is 5.32 Å². The van der Waals surface area contributed by atoms with Crippen molar-refractivity contribution in [2.24, 2.45) is 0 Å². The fraction of sp³-hybridized carbons (Fsp3) is 0.316. The van der Waals surface area contributed by atoms with Gasteiger partial charge < -0.3 is 14.8 Å². The summed E-state index contributed by atoms with van der Waals surface area (Å²) in [4.78, 5) is 12.2. The van der Waals surface area contributed by atoms with Gasteiger partial charge in [0.1, 0.15) is 11.5 Å². The van der Waals surface area contributed by atoms with E-state index in [1.807, 2.05) is 24.3 Å². The van der Waals surface area contributed by atoms with Crippen LogP contribution in [0.2, 0.25) is 0 Å². The maximum absolute atomic E-state index is 12.2. The Balaban J connectivity index is 1.89. The average molecular weight is 392 g/mol. The molecule has 27 heavy (non-hydrogen) atoms. The molecule has 0 heterocycles. The minimum absolute atomic E-state index is 0.247. The molecule has 7 nitrogen and oxygen atoms in total. The molecular weight excluding hydrogens is 368 g/mol. The SMILES string of the molecule is COc1ccc(CNC(=O)[C@H](C)Oc2ccc(N(C)S(C)(=O)=O)cc2)cc1. The Hall–Kier alpha value is -2.74. The summed E-state index contributed by atoms with van der Waals surface area (Å²) < 4.78 is 35.0. The van der Waals surface area contributed by atoms with Crippen molar-refractivity contribution in [3.05, 3.63) is 54.1 Å². The summed E-state index contributed by atoms with van der Waals surface area (Å²) in [5.41, 5.74) is 1.46. The molecule has 0 saturated heterocycles. The van der Waals surface area contributed by atoms with Crippen molar-refractivity contribution in [3.8, 4) is 11.5 Å². The molecule has 2 aromatic carbocycles. The van der Waals surface area contributed by atoms with Crippen molar-refractivity contribution in [2.45, 2.75) is 19.6 Å². The zero-order valence-corrected chi connectivity index (χ0v) is 16.6. The summed E-state index contributed by atoms with van der Waals surface area (Å²) in [5.74, 6) is 0.989. The Morgan fingerprint density at radius 2 is 1.63 bits per heavy atom. The van der Waals surface area contributed by atoms with E-state index in [4.69, 9.17) is 9.47 Å². The number of amides is 1. The summed E-state index contributed by atoms with van der Waals surface area (Å²) in [7, 11) is -0.251. The lowest BCUT2D eigenvalue weighted by atomic mass is 10.2. The summed E-state index contributed by atoms with van der Waals surface area (Å²) in [6, 6.07) is 13.9. The minimum Gasteiger partial charge on any atom is -0.497 e. The number of sulfonamides is 1. The van der Waals surface area contributed by atoms with Gasteiger partial charge in [0.15, 0.2) is 6.10 Å². The molecular formula is C19H24N2O5S. The smallest absolute Gasteiger partial charge is 0.261 e. The van der Waals surface area contributed by atoms with Crippen molar-refractivity contribution in [3.63, 3.8) is 0 Å². The molecule has 1 amide bonds. The van der Waals surface area contributed by atoms with Crippen LogP contribution in [0.4, 0.5) is 5.69 Å². The average Bonchev–Trinajstić information content (AvgIpc) is 2.65. The summed E-state index contributed by atoms with van der Waals surface area (Å²) in [6.45, 7) is 2.04. The molecule has 0 bridgehead atoms. The van der Waals surface area contributed by atoms with E-state index < -0.39 is 16.1 Å². The molecule has 0 radical (unpaired) electrons. The van der Waals surface area contributed by atoms with Crippen LogP contribution >= 0.6 is 0 Å². The molecule has 0 aliphatic carbocycles. The molecule has 0 spiro atoms.